The van der Waals surface area contributed by atoms with Crippen molar-refractivity contribution >= 4 is 0 Å². The lowest BCUT2D eigenvalue weighted by Gasteiger charge is -2.23. The van der Waals surface area contributed by atoms with Gasteiger partial charge in [0.05, 0.1) is 6.33 Å². The number of rotatable bonds is 4. The molecule has 2 fully saturated rings. The second-order valence-corrected chi connectivity index (χ2v) is 5.67. The zero-order valence-corrected chi connectivity index (χ0v) is 10.5. The summed E-state index contributed by atoms with van der Waals surface area (Å²) in [6, 6.07) is 1.31. The van der Waals surface area contributed by atoms with Crippen molar-refractivity contribution in [2.75, 3.05) is 6.54 Å². The van der Waals surface area contributed by atoms with E-state index >= 15 is 0 Å². The van der Waals surface area contributed by atoms with Gasteiger partial charge in [-0.15, -0.1) is 0 Å². The molecule has 3 nitrogen and oxygen atoms in total. The molecule has 3 rings (SSSR count). The first kappa shape index (κ1) is 11.3. The molecular weight excluding hydrogens is 210 g/mol. The summed E-state index contributed by atoms with van der Waals surface area (Å²) in [6.07, 6.45) is 15.7. The van der Waals surface area contributed by atoms with E-state index < -0.39 is 0 Å². The van der Waals surface area contributed by atoms with Crippen molar-refractivity contribution in [1.82, 2.24) is 14.9 Å². The first-order chi connectivity index (χ1) is 8.43. The van der Waals surface area contributed by atoms with Gasteiger partial charge in [0.2, 0.25) is 0 Å². The highest BCUT2D eigenvalue weighted by Gasteiger charge is 2.28. The third-order valence-electron chi connectivity index (χ3n) is 4.53. The van der Waals surface area contributed by atoms with E-state index in [-0.39, 0.29) is 0 Å². The van der Waals surface area contributed by atoms with Gasteiger partial charge >= 0.3 is 0 Å². The van der Waals surface area contributed by atoms with E-state index in [1.165, 1.54) is 51.5 Å². The quantitative estimate of drug-likeness (QED) is 0.866. The van der Waals surface area contributed by atoms with Gasteiger partial charge in [-0.3, -0.25) is 0 Å². The molecule has 0 radical (unpaired) electrons. The second kappa shape index (κ2) is 5.21. The van der Waals surface area contributed by atoms with Crippen LogP contribution < -0.4 is 5.32 Å². The van der Waals surface area contributed by atoms with Crippen molar-refractivity contribution in [3.05, 3.63) is 18.7 Å². The number of imidazole rings is 1. The van der Waals surface area contributed by atoms with E-state index in [0.717, 1.165) is 5.92 Å². The standard InChI is InChI=1S/C14H23N3/c1-2-5-12(4-1)10-16-13-6-3-7-14(13)17-9-8-15-11-17/h8-9,11-14,16H,1-7,10H2. The van der Waals surface area contributed by atoms with Crippen LogP contribution in [0, 0.1) is 5.92 Å². The minimum Gasteiger partial charge on any atom is -0.333 e. The molecule has 0 saturated heterocycles. The number of hydrogen-bond acceptors (Lipinski definition) is 2. The summed E-state index contributed by atoms with van der Waals surface area (Å²) in [5.41, 5.74) is 0. The number of nitrogens with one attached hydrogen (secondary N) is 1. The molecule has 17 heavy (non-hydrogen) atoms. The Morgan fingerprint density at radius 2 is 2.00 bits per heavy atom. The number of hydrogen-bond donors (Lipinski definition) is 1. The zero-order chi connectivity index (χ0) is 11.5. The molecule has 2 aliphatic carbocycles. The van der Waals surface area contributed by atoms with Crippen molar-refractivity contribution in [3.8, 4) is 0 Å². The molecule has 0 aromatic carbocycles. The molecular formula is C14H23N3. The van der Waals surface area contributed by atoms with Gasteiger partial charge in [0.25, 0.3) is 0 Å². The van der Waals surface area contributed by atoms with Gasteiger partial charge in [0, 0.05) is 24.5 Å². The Morgan fingerprint density at radius 1 is 1.12 bits per heavy atom. The van der Waals surface area contributed by atoms with Crippen molar-refractivity contribution < 1.29 is 0 Å². The number of nitrogens with zero attached hydrogens (tertiary/aromatic N) is 2. The maximum Gasteiger partial charge on any atom is 0.0949 e. The van der Waals surface area contributed by atoms with Gasteiger partial charge in [-0.05, 0) is 44.6 Å². The molecule has 1 heterocycles. The van der Waals surface area contributed by atoms with Crippen LogP contribution in [-0.4, -0.2) is 22.1 Å². The largest absolute Gasteiger partial charge is 0.333 e. The van der Waals surface area contributed by atoms with Crippen LogP contribution in [-0.2, 0) is 0 Å². The Morgan fingerprint density at radius 3 is 2.76 bits per heavy atom. The monoisotopic (exact) mass is 233 g/mol. The van der Waals surface area contributed by atoms with Crippen LogP contribution in [0.3, 0.4) is 0 Å². The van der Waals surface area contributed by atoms with Crippen LogP contribution in [0.15, 0.2) is 18.7 Å². The van der Waals surface area contributed by atoms with Gasteiger partial charge in [-0.25, -0.2) is 4.98 Å². The minimum absolute atomic E-state index is 0.638. The van der Waals surface area contributed by atoms with Gasteiger partial charge in [-0.1, -0.05) is 12.8 Å². The van der Waals surface area contributed by atoms with Crippen molar-refractivity contribution in [2.24, 2.45) is 5.92 Å². The minimum atomic E-state index is 0.638. The van der Waals surface area contributed by atoms with Crippen LogP contribution >= 0.6 is 0 Å². The Kier molecular flexibility index (Phi) is 3.46. The highest BCUT2D eigenvalue weighted by Crippen LogP contribution is 2.31. The summed E-state index contributed by atoms with van der Waals surface area (Å²) < 4.78 is 2.29. The third kappa shape index (κ3) is 2.54. The van der Waals surface area contributed by atoms with E-state index in [2.05, 4.69) is 21.1 Å². The molecule has 0 bridgehead atoms. The summed E-state index contributed by atoms with van der Waals surface area (Å²) >= 11 is 0. The molecule has 2 atom stereocenters. The molecule has 0 amide bonds. The van der Waals surface area contributed by atoms with E-state index in [0.29, 0.717) is 12.1 Å². The molecule has 2 aliphatic rings. The van der Waals surface area contributed by atoms with Gasteiger partial charge in [0.15, 0.2) is 0 Å². The summed E-state index contributed by atoms with van der Waals surface area (Å²) in [7, 11) is 0. The molecule has 2 saturated carbocycles. The molecule has 0 spiro atoms. The Bertz CT molecular complexity index is 327. The predicted molar refractivity (Wildman–Crippen MR) is 68.9 cm³/mol. The second-order valence-electron chi connectivity index (χ2n) is 5.67. The molecule has 2 unspecified atom stereocenters. The molecule has 1 aromatic heterocycles. The summed E-state index contributed by atoms with van der Waals surface area (Å²) in [5, 5.41) is 3.81. The van der Waals surface area contributed by atoms with E-state index in [1.807, 2.05) is 12.5 Å². The highest BCUT2D eigenvalue weighted by molar-refractivity contribution is 4.92. The molecule has 0 aliphatic heterocycles. The predicted octanol–water partition coefficient (Wildman–Crippen LogP) is 2.76. The summed E-state index contributed by atoms with van der Waals surface area (Å²) in [5.74, 6) is 0.944. The van der Waals surface area contributed by atoms with Crippen LogP contribution in [0.4, 0.5) is 0 Å². The SMILES string of the molecule is c1cn(C2CCCC2NCC2CCCC2)cn1. The van der Waals surface area contributed by atoms with E-state index in [1.54, 1.807) is 0 Å². The molecule has 94 valence electrons. The first-order valence-corrected chi connectivity index (χ1v) is 7.14. The normalized spacial score (nSPS) is 30.1. The Labute approximate surface area is 104 Å². The zero-order valence-electron chi connectivity index (χ0n) is 10.5. The van der Waals surface area contributed by atoms with Crippen molar-refractivity contribution in [1.29, 1.82) is 0 Å². The van der Waals surface area contributed by atoms with Gasteiger partial charge in [-0.2, -0.15) is 0 Å². The lowest BCUT2D eigenvalue weighted by molar-refractivity contribution is 0.361. The lowest BCUT2D eigenvalue weighted by atomic mass is 10.1. The topological polar surface area (TPSA) is 29.9 Å². The molecule has 1 N–H and O–H groups in total. The maximum atomic E-state index is 4.17. The summed E-state index contributed by atoms with van der Waals surface area (Å²) in [4.78, 5) is 4.17. The fourth-order valence-electron chi connectivity index (χ4n) is 3.53. The molecule has 1 aromatic rings. The first-order valence-electron chi connectivity index (χ1n) is 7.14. The van der Waals surface area contributed by atoms with Crippen LogP contribution in [0.2, 0.25) is 0 Å². The summed E-state index contributed by atoms with van der Waals surface area (Å²) in [6.45, 7) is 1.23. The number of aromatic nitrogens is 2. The van der Waals surface area contributed by atoms with Crippen LogP contribution in [0.1, 0.15) is 51.0 Å². The maximum absolute atomic E-state index is 4.17. The van der Waals surface area contributed by atoms with Crippen molar-refractivity contribution in [2.45, 2.75) is 57.0 Å². The van der Waals surface area contributed by atoms with Crippen LogP contribution in [0.5, 0.6) is 0 Å². The fourth-order valence-corrected chi connectivity index (χ4v) is 3.53. The average molecular weight is 233 g/mol. The Balaban J connectivity index is 1.54. The van der Waals surface area contributed by atoms with Gasteiger partial charge < -0.3 is 9.88 Å². The fraction of sp³-hybridized carbons (Fsp3) is 0.786. The van der Waals surface area contributed by atoms with E-state index in [4.69, 9.17) is 0 Å². The van der Waals surface area contributed by atoms with Gasteiger partial charge in [0.1, 0.15) is 0 Å². The lowest BCUT2D eigenvalue weighted by Crippen LogP contribution is -2.36. The van der Waals surface area contributed by atoms with E-state index in [9.17, 15) is 0 Å². The third-order valence-corrected chi connectivity index (χ3v) is 4.53. The Hall–Kier alpha value is -0.830. The average Bonchev–Trinajstić information content (AvgIpc) is 3.09. The highest BCUT2D eigenvalue weighted by atomic mass is 15.1. The van der Waals surface area contributed by atoms with Crippen LogP contribution in [0.25, 0.3) is 0 Å². The molecule has 3 heteroatoms. The van der Waals surface area contributed by atoms with Crippen molar-refractivity contribution in [3.63, 3.8) is 0 Å². The smallest absolute Gasteiger partial charge is 0.0949 e.